The van der Waals surface area contributed by atoms with E-state index in [0.29, 0.717) is 41.6 Å². The van der Waals surface area contributed by atoms with Crippen LogP contribution < -0.4 is 10.5 Å². The number of aromatic nitrogens is 4. The fourth-order valence-electron chi connectivity index (χ4n) is 4.18. The maximum atomic E-state index is 12.6. The van der Waals surface area contributed by atoms with Gasteiger partial charge in [-0.15, -0.1) is 0 Å². The molecule has 9 nitrogen and oxygen atoms in total. The number of esters is 1. The van der Waals surface area contributed by atoms with Crippen molar-refractivity contribution in [2.45, 2.75) is 20.4 Å². The fraction of sp³-hybridized carbons (Fsp3) is 0.185. The number of carbonyl (C=O) groups is 1. The highest BCUT2D eigenvalue weighted by molar-refractivity contribution is 6.02. The van der Waals surface area contributed by atoms with Crippen molar-refractivity contribution in [3.05, 3.63) is 88.4 Å². The second kappa shape index (κ2) is 9.91. The predicted molar refractivity (Wildman–Crippen MR) is 134 cm³/mol. The molecule has 0 bridgehead atoms. The SMILES string of the molecule is CCOC(=O)c1cccc2nc(OCC)n(Cc3ccc(-c4ccccc4-c4noc(=O)[nH]4)cc3)c12. The van der Waals surface area contributed by atoms with Crippen molar-refractivity contribution in [3.63, 3.8) is 0 Å². The molecule has 0 saturated carbocycles. The number of imidazole rings is 1. The van der Waals surface area contributed by atoms with E-state index in [1.807, 2.05) is 66.1 Å². The lowest BCUT2D eigenvalue weighted by atomic mass is 9.98. The Hall–Kier alpha value is -4.66. The number of aromatic amines is 1. The number of H-pyrrole nitrogens is 1. The van der Waals surface area contributed by atoms with Crippen molar-refractivity contribution in [1.82, 2.24) is 19.7 Å². The van der Waals surface area contributed by atoms with Gasteiger partial charge in [-0.25, -0.2) is 9.59 Å². The van der Waals surface area contributed by atoms with Crippen LogP contribution in [0.2, 0.25) is 0 Å². The standard InChI is InChI=1S/C27H24N4O5/c1-3-34-25(32)21-10-7-11-22-23(21)31(26(28-22)35-4-2)16-17-12-14-18(15-13-17)19-8-5-6-9-20(19)24-29-27(33)36-30-24/h5-15H,3-4,16H2,1-2H3,(H,29,30,33). The van der Waals surface area contributed by atoms with Gasteiger partial charge in [0.05, 0.1) is 36.4 Å². The number of hydrogen-bond donors (Lipinski definition) is 1. The maximum absolute atomic E-state index is 12.6. The molecule has 2 heterocycles. The van der Waals surface area contributed by atoms with E-state index < -0.39 is 11.7 Å². The minimum absolute atomic E-state index is 0.285. The Kier molecular flexibility index (Phi) is 6.36. The Balaban J connectivity index is 1.52. The Labute approximate surface area is 206 Å². The Bertz CT molecular complexity index is 1580. The normalized spacial score (nSPS) is 11.1. The summed E-state index contributed by atoms with van der Waals surface area (Å²) in [6.45, 7) is 4.84. The third-order valence-electron chi connectivity index (χ3n) is 5.73. The lowest BCUT2D eigenvalue weighted by molar-refractivity contribution is 0.0528. The molecule has 0 fully saturated rings. The molecule has 0 amide bonds. The van der Waals surface area contributed by atoms with E-state index >= 15 is 0 Å². The summed E-state index contributed by atoms with van der Waals surface area (Å²) in [4.78, 5) is 31.3. The van der Waals surface area contributed by atoms with Gasteiger partial charge in [0.1, 0.15) is 0 Å². The second-order valence-electron chi connectivity index (χ2n) is 7.99. The minimum atomic E-state index is -0.602. The van der Waals surface area contributed by atoms with Gasteiger partial charge in [-0.05, 0) is 42.7 Å². The summed E-state index contributed by atoms with van der Waals surface area (Å²) in [7, 11) is 0. The molecule has 9 heteroatoms. The lowest BCUT2D eigenvalue weighted by Gasteiger charge is -2.12. The third kappa shape index (κ3) is 4.38. The molecule has 1 N–H and O–H groups in total. The second-order valence-corrected chi connectivity index (χ2v) is 7.99. The van der Waals surface area contributed by atoms with Crippen LogP contribution in [0.25, 0.3) is 33.5 Å². The lowest BCUT2D eigenvalue weighted by Crippen LogP contribution is -2.10. The molecule has 0 saturated heterocycles. The minimum Gasteiger partial charge on any atom is -0.465 e. The molecular weight excluding hydrogens is 460 g/mol. The first-order valence-corrected chi connectivity index (χ1v) is 11.6. The summed E-state index contributed by atoms with van der Waals surface area (Å²) in [5.41, 5.74) is 5.38. The molecule has 0 spiro atoms. The van der Waals surface area contributed by atoms with Crippen molar-refractivity contribution >= 4 is 17.0 Å². The third-order valence-corrected chi connectivity index (χ3v) is 5.73. The molecule has 0 unspecified atom stereocenters. The van der Waals surface area contributed by atoms with E-state index in [9.17, 15) is 9.59 Å². The van der Waals surface area contributed by atoms with Crippen molar-refractivity contribution < 1.29 is 18.8 Å². The highest BCUT2D eigenvalue weighted by atomic mass is 16.5. The van der Waals surface area contributed by atoms with E-state index in [0.717, 1.165) is 22.3 Å². The number of nitrogens with zero attached hydrogens (tertiary/aromatic N) is 3. The zero-order valence-corrected chi connectivity index (χ0v) is 19.9. The molecule has 2 aromatic heterocycles. The Morgan fingerprint density at radius 3 is 2.44 bits per heavy atom. The molecule has 3 aromatic carbocycles. The summed E-state index contributed by atoms with van der Waals surface area (Å²) in [6.07, 6.45) is 0. The van der Waals surface area contributed by atoms with Crippen LogP contribution in [0.3, 0.4) is 0 Å². The molecule has 5 rings (SSSR count). The van der Waals surface area contributed by atoms with Crippen LogP contribution in [0.4, 0.5) is 0 Å². The van der Waals surface area contributed by atoms with Crippen molar-refractivity contribution in [1.29, 1.82) is 0 Å². The number of nitrogens with one attached hydrogen (secondary N) is 1. The van der Waals surface area contributed by atoms with Crippen LogP contribution in [0.5, 0.6) is 6.01 Å². The molecule has 0 atom stereocenters. The molecule has 0 aliphatic heterocycles. The number of para-hydroxylation sites is 1. The van der Waals surface area contributed by atoms with E-state index in [-0.39, 0.29) is 6.61 Å². The van der Waals surface area contributed by atoms with Crippen LogP contribution >= 0.6 is 0 Å². The summed E-state index contributed by atoms with van der Waals surface area (Å²) >= 11 is 0. The molecule has 5 aromatic rings. The van der Waals surface area contributed by atoms with E-state index in [1.54, 1.807) is 19.1 Å². The molecule has 0 aliphatic carbocycles. The summed E-state index contributed by atoms with van der Waals surface area (Å²) in [5, 5.41) is 3.83. The zero-order chi connectivity index (χ0) is 25.1. The number of benzene rings is 3. The van der Waals surface area contributed by atoms with Gasteiger partial charge < -0.3 is 9.47 Å². The first-order chi connectivity index (χ1) is 17.6. The zero-order valence-electron chi connectivity index (χ0n) is 19.9. The van der Waals surface area contributed by atoms with E-state index in [2.05, 4.69) is 19.6 Å². The number of hydrogen-bond acceptors (Lipinski definition) is 7. The summed E-state index contributed by atoms with van der Waals surface area (Å²) in [6, 6.07) is 21.5. The van der Waals surface area contributed by atoms with Crippen molar-refractivity contribution in [2.75, 3.05) is 13.2 Å². The molecule has 182 valence electrons. The number of fused-ring (bicyclic) bond motifs is 1. The monoisotopic (exact) mass is 484 g/mol. The average Bonchev–Trinajstić information content (AvgIpc) is 3.48. The quantitative estimate of drug-likeness (QED) is 0.319. The first-order valence-electron chi connectivity index (χ1n) is 11.6. The highest BCUT2D eigenvalue weighted by Crippen LogP contribution is 2.31. The van der Waals surface area contributed by atoms with E-state index in [4.69, 9.17) is 9.47 Å². The van der Waals surface area contributed by atoms with Gasteiger partial charge in [0.25, 0.3) is 6.01 Å². The van der Waals surface area contributed by atoms with Gasteiger partial charge >= 0.3 is 11.7 Å². The number of carbonyl (C=O) groups excluding carboxylic acids is 1. The highest BCUT2D eigenvalue weighted by Gasteiger charge is 2.20. The smallest absolute Gasteiger partial charge is 0.439 e. The van der Waals surface area contributed by atoms with Gasteiger partial charge in [-0.2, -0.15) is 4.98 Å². The van der Waals surface area contributed by atoms with Gasteiger partial charge in [0.15, 0.2) is 5.82 Å². The van der Waals surface area contributed by atoms with Crippen molar-refractivity contribution in [2.24, 2.45) is 0 Å². The molecular formula is C27H24N4O5. The fourth-order valence-corrected chi connectivity index (χ4v) is 4.18. The summed E-state index contributed by atoms with van der Waals surface area (Å²) < 4.78 is 17.7. The molecule has 0 radical (unpaired) electrons. The van der Waals surface area contributed by atoms with Crippen molar-refractivity contribution in [3.8, 4) is 28.5 Å². The topological polar surface area (TPSA) is 112 Å². The Morgan fingerprint density at radius 1 is 0.972 bits per heavy atom. The van der Waals surface area contributed by atoms with Crippen LogP contribution in [0.15, 0.2) is 76.0 Å². The first kappa shape index (κ1) is 23.1. The van der Waals surface area contributed by atoms with Gasteiger partial charge in [0.2, 0.25) is 0 Å². The number of rotatable bonds is 8. The van der Waals surface area contributed by atoms with Gasteiger partial charge in [-0.3, -0.25) is 14.1 Å². The summed E-state index contributed by atoms with van der Waals surface area (Å²) in [5.74, 6) is -0.627. The van der Waals surface area contributed by atoms with Crippen LogP contribution in [-0.4, -0.2) is 38.9 Å². The van der Waals surface area contributed by atoms with Gasteiger partial charge in [0, 0.05) is 5.56 Å². The van der Waals surface area contributed by atoms with Gasteiger partial charge in [-0.1, -0.05) is 59.8 Å². The van der Waals surface area contributed by atoms with Crippen LogP contribution in [0, 0.1) is 0 Å². The van der Waals surface area contributed by atoms with Crippen LogP contribution in [-0.2, 0) is 11.3 Å². The predicted octanol–water partition coefficient (Wildman–Crippen LogP) is 4.67. The molecule has 0 aliphatic rings. The maximum Gasteiger partial charge on any atom is 0.439 e. The average molecular weight is 485 g/mol. The van der Waals surface area contributed by atoms with Crippen LogP contribution in [0.1, 0.15) is 29.8 Å². The number of ether oxygens (including phenoxy) is 2. The van der Waals surface area contributed by atoms with E-state index in [1.165, 1.54) is 0 Å². The molecule has 36 heavy (non-hydrogen) atoms. The Morgan fingerprint density at radius 2 is 1.75 bits per heavy atom. The largest absolute Gasteiger partial charge is 0.465 e.